The van der Waals surface area contributed by atoms with Crippen LogP contribution in [0, 0.1) is 12.8 Å². The van der Waals surface area contributed by atoms with Crippen LogP contribution in [-0.4, -0.2) is 30.3 Å². The van der Waals surface area contributed by atoms with Crippen molar-refractivity contribution in [1.29, 1.82) is 0 Å². The monoisotopic (exact) mass is 423 g/mol. The van der Waals surface area contributed by atoms with Crippen molar-refractivity contribution in [2.45, 2.75) is 70.6 Å². The number of hydrogen-bond acceptors (Lipinski definition) is 7. The Morgan fingerprint density at radius 2 is 1.90 bits per heavy atom. The van der Waals surface area contributed by atoms with Gasteiger partial charge in [-0.3, -0.25) is 0 Å². The van der Waals surface area contributed by atoms with Gasteiger partial charge in [-0.05, 0) is 44.7 Å². The van der Waals surface area contributed by atoms with E-state index in [9.17, 15) is 13.2 Å². The maximum Gasteiger partial charge on any atom is 0.408 e. The van der Waals surface area contributed by atoms with Crippen LogP contribution in [0.1, 0.15) is 64.1 Å². The molecule has 1 N–H and O–H groups in total. The highest BCUT2D eigenvalue weighted by molar-refractivity contribution is 7.90. The van der Waals surface area contributed by atoms with E-state index in [0.717, 1.165) is 5.56 Å². The number of rotatable bonds is 7. The van der Waals surface area contributed by atoms with Crippen molar-refractivity contribution in [1.82, 2.24) is 15.5 Å². The van der Waals surface area contributed by atoms with Gasteiger partial charge in [0.15, 0.2) is 0 Å². The van der Waals surface area contributed by atoms with Gasteiger partial charge in [0.25, 0.3) is 0 Å². The van der Waals surface area contributed by atoms with Crippen molar-refractivity contribution in [2.75, 3.05) is 0 Å². The number of sulfone groups is 1. The van der Waals surface area contributed by atoms with Gasteiger partial charge in [-0.25, -0.2) is 13.2 Å². The third kappa shape index (κ3) is 6.28. The second-order valence-electron chi connectivity index (χ2n) is 8.10. The standard InChI is InChI=1S/C20H29N3O5S/c1-7-13(2)16(21-18(24)28-20(4,5)6)17-22-23-19(27-17)29(25,26)12-15-11-9-8-10-14(15)3/h8-11,13,16H,7,12H2,1-6H3,(H,21,24). The molecule has 0 aliphatic heterocycles. The normalized spacial score (nSPS) is 14.3. The molecule has 2 unspecified atom stereocenters. The molecule has 1 aromatic carbocycles. The number of benzene rings is 1. The molecule has 1 heterocycles. The van der Waals surface area contributed by atoms with Crippen LogP contribution < -0.4 is 5.32 Å². The van der Waals surface area contributed by atoms with E-state index < -0.39 is 32.8 Å². The molecule has 0 spiro atoms. The van der Waals surface area contributed by atoms with Crippen LogP contribution in [0.2, 0.25) is 0 Å². The Labute approximate surface area is 172 Å². The maximum atomic E-state index is 12.7. The van der Waals surface area contributed by atoms with Gasteiger partial charge in [0.2, 0.25) is 15.7 Å². The van der Waals surface area contributed by atoms with Crippen LogP contribution in [0.3, 0.4) is 0 Å². The summed E-state index contributed by atoms with van der Waals surface area (Å²) in [6.45, 7) is 11.0. The first kappa shape index (κ1) is 22.9. The van der Waals surface area contributed by atoms with Crippen molar-refractivity contribution in [3.63, 3.8) is 0 Å². The highest BCUT2D eigenvalue weighted by atomic mass is 32.2. The van der Waals surface area contributed by atoms with Crippen molar-refractivity contribution in [3.05, 3.63) is 41.3 Å². The average molecular weight is 424 g/mol. The molecule has 0 bridgehead atoms. The smallest absolute Gasteiger partial charge is 0.408 e. The number of nitrogens with zero attached hydrogens (tertiary/aromatic N) is 2. The van der Waals surface area contributed by atoms with Gasteiger partial charge >= 0.3 is 11.3 Å². The van der Waals surface area contributed by atoms with Gasteiger partial charge in [-0.15, -0.1) is 5.10 Å². The third-order valence-corrected chi connectivity index (χ3v) is 5.83. The van der Waals surface area contributed by atoms with E-state index in [1.54, 1.807) is 32.9 Å². The maximum absolute atomic E-state index is 12.7. The number of hydrogen-bond donors (Lipinski definition) is 1. The molecular formula is C20H29N3O5S. The summed E-state index contributed by atoms with van der Waals surface area (Å²) >= 11 is 0. The number of alkyl carbamates (subject to hydrolysis) is 1. The quantitative estimate of drug-likeness (QED) is 0.717. The van der Waals surface area contributed by atoms with Crippen molar-refractivity contribution >= 4 is 15.9 Å². The molecule has 2 aromatic rings. The van der Waals surface area contributed by atoms with Crippen LogP contribution in [0.15, 0.2) is 33.9 Å². The first-order valence-electron chi connectivity index (χ1n) is 9.53. The summed E-state index contributed by atoms with van der Waals surface area (Å²) in [4.78, 5) is 12.2. The number of carbonyl (C=O) groups excluding carboxylic acids is 1. The van der Waals surface area contributed by atoms with E-state index in [1.165, 1.54) is 0 Å². The molecule has 0 fully saturated rings. The largest absolute Gasteiger partial charge is 0.444 e. The number of amides is 1. The summed E-state index contributed by atoms with van der Waals surface area (Å²) in [5.41, 5.74) is 0.860. The summed E-state index contributed by atoms with van der Waals surface area (Å²) in [7, 11) is -3.82. The van der Waals surface area contributed by atoms with Crippen LogP contribution in [0.4, 0.5) is 4.79 Å². The Morgan fingerprint density at radius 1 is 1.24 bits per heavy atom. The molecule has 0 aliphatic carbocycles. The number of aromatic nitrogens is 2. The fraction of sp³-hybridized carbons (Fsp3) is 0.550. The first-order valence-corrected chi connectivity index (χ1v) is 11.2. The van der Waals surface area contributed by atoms with E-state index in [4.69, 9.17) is 9.15 Å². The molecule has 9 heteroatoms. The number of nitrogens with one attached hydrogen (secondary N) is 1. The molecule has 1 aromatic heterocycles. The lowest BCUT2D eigenvalue weighted by Crippen LogP contribution is -2.37. The topological polar surface area (TPSA) is 111 Å². The summed E-state index contributed by atoms with van der Waals surface area (Å²) in [5.74, 6) is -0.280. The van der Waals surface area contributed by atoms with Crippen LogP contribution in [-0.2, 0) is 20.3 Å². The molecule has 29 heavy (non-hydrogen) atoms. The highest BCUT2D eigenvalue weighted by Gasteiger charge is 2.31. The average Bonchev–Trinajstić information content (AvgIpc) is 3.10. The SMILES string of the molecule is CCC(C)C(NC(=O)OC(C)(C)C)c1nnc(S(=O)(=O)Cc2ccccc2C)o1. The Hall–Kier alpha value is -2.42. The van der Waals surface area contributed by atoms with Gasteiger partial charge in [-0.2, -0.15) is 0 Å². The predicted octanol–water partition coefficient (Wildman–Crippen LogP) is 3.96. The second-order valence-corrected chi connectivity index (χ2v) is 9.97. The van der Waals surface area contributed by atoms with Gasteiger partial charge in [0, 0.05) is 0 Å². The minimum absolute atomic E-state index is 0.0357. The lowest BCUT2D eigenvalue weighted by Gasteiger charge is -2.24. The van der Waals surface area contributed by atoms with E-state index >= 15 is 0 Å². The third-order valence-electron chi connectivity index (χ3n) is 4.45. The molecule has 0 radical (unpaired) electrons. The van der Waals surface area contributed by atoms with Crippen molar-refractivity contribution in [2.24, 2.45) is 5.92 Å². The predicted molar refractivity (Wildman–Crippen MR) is 108 cm³/mol. The molecule has 2 atom stereocenters. The number of ether oxygens (including phenoxy) is 1. The minimum atomic E-state index is -3.82. The summed E-state index contributed by atoms with van der Waals surface area (Å²) in [6, 6.07) is 6.55. The lowest BCUT2D eigenvalue weighted by atomic mass is 9.99. The van der Waals surface area contributed by atoms with Gasteiger partial charge in [-0.1, -0.05) is 49.6 Å². The Balaban J connectivity index is 2.25. The second kappa shape index (κ2) is 8.94. The fourth-order valence-electron chi connectivity index (χ4n) is 2.63. The molecular weight excluding hydrogens is 394 g/mol. The van der Waals surface area contributed by atoms with E-state index in [1.807, 2.05) is 32.9 Å². The van der Waals surface area contributed by atoms with E-state index in [0.29, 0.717) is 12.0 Å². The van der Waals surface area contributed by atoms with E-state index in [-0.39, 0.29) is 17.6 Å². The zero-order chi connectivity index (χ0) is 21.8. The van der Waals surface area contributed by atoms with Gasteiger partial charge in [0.1, 0.15) is 11.6 Å². The molecule has 2 rings (SSSR count). The first-order chi connectivity index (χ1) is 13.4. The molecule has 160 valence electrons. The summed E-state index contributed by atoms with van der Waals surface area (Å²) in [6.07, 6.45) is 0.0686. The fourth-order valence-corrected chi connectivity index (χ4v) is 3.86. The Kier molecular flexibility index (Phi) is 7.05. The van der Waals surface area contributed by atoms with Crippen LogP contribution >= 0.6 is 0 Å². The Morgan fingerprint density at radius 3 is 2.48 bits per heavy atom. The Bertz CT molecular complexity index is 947. The highest BCUT2D eigenvalue weighted by Crippen LogP contribution is 2.26. The number of aryl methyl sites for hydroxylation is 1. The van der Waals surface area contributed by atoms with Gasteiger partial charge < -0.3 is 14.5 Å². The minimum Gasteiger partial charge on any atom is -0.444 e. The van der Waals surface area contributed by atoms with Gasteiger partial charge in [0.05, 0.1) is 5.75 Å². The number of carbonyl (C=O) groups is 1. The molecule has 0 aliphatic rings. The lowest BCUT2D eigenvalue weighted by molar-refractivity contribution is 0.0473. The zero-order valence-electron chi connectivity index (χ0n) is 17.7. The summed E-state index contributed by atoms with van der Waals surface area (Å²) < 4.78 is 36.3. The molecule has 1 amide bonds. The van der Waals surface area contributed by atoms with Crippen LogP contribution in [0.25, 0.3) is 0 Å². The summed E-state index contributed by atoms with van der Waals surface area (Å²) in [5, 5.41) is 9.88. The van der Waals surface area contributed by atoms with E-state index in [2.05, 4.69) is 15.5 Å². The molecule has 0 saturated heterocycles. The zero-order valence-corrected chi connectivity index (χ0v) is 18.5. The molecule has 0 saturated carbocycles. The van der Waals surface area contributed by atoms with Crippen molar-refractivity contribution in [3.8, 4) is 0 Å². The molecule has 8 nitrogen and oxygen atoms in total. The van der Waals surface area contributed by atoms with Crippen molar-refractivity contribution < 1.29 is 22.4 Å². The van der Waals surface area contributed by atoms with Crippen LogP contribution in [0.5, 0.6) is 0 Å².